The molecule has 120 valence electrons. The van der Waals surface area contributed by atoms with Crippen molar-refractivity contribution in [3.63, 3.8) is 0 Å². The van der Waals surface area contributed by atoms with Gasteiger partial charge < -0.3 is 10.2 Å². The number of rotatable bonds is 5. The lowest BCUT2D eigenvalue weighted by Crippen LogP contribution is -2.47. The fraction of sp³-hybridized carbons (Fsp3) is 0.533. The summed E-state index contributed by atoms with van der Waals surface area (Å²) < 4.78 is 0. The third kappa shape index (κ3) is 4.36. The van der Waals surface area contributed by atoms with Crippen LogP contribution < -0.4 is 5.32 Å². The molecular weight excluding hydrogens is 322 g/mol. The molecule has 0 bridgehead atoms. The number of nitrogens with one attached hydrogen (secondary N) is 1. The van der Waals surface area contributed by atoms with Crippen molar-refractivity contribution in [3.05, 3.63) is 29.0 Å². The zero-order valence-corrected chi connectivity index (χ0v) is 14.3. The molecule has 1 atom stereocenters. The van der Waals surface area contributed by atoms with Crippen LogP contribution >= 0.6 is 23.4 Å². The molecule has 2 amide bonds. The van der Waals surface area contributed by atoms with Gasteiger partial charge in [-0.25, -0.2) is 4.98 Å². The summed E-state index contributed by atoms with van der Waals surface area (Å²) in [6.07, 6.45) is 0.926. The van der Waals surface area contributed by atoms with Crippen LogP contribution in [0.2, 0.25) is 5.15 Å². The quantitative estimate of drug-likeness (QED) is 0.835. The maximum absolute atomic E-state index is 12.5. The van der Waals surface area contributed by atoms with Gasteiger partial charge in [-0.15, -0.1) is 11.8 Å². The number of carbonyl (C=O) groups is 2. The molecule has 0 aliphatic carbocycles. The Bertz CT molecular complexity index is 553. The number of halogens is 1. The first-order chi connectivity index (χ1) is 10.5. The van der Waals surface area contributed by atoms with Gasteiger partial charge in [-0.2, -0.15) is 0 Å². The minimum atomic E-state index is -0.439. The highest BCUT2D eigenvalue weighted by Crippen LogP contribution is 2.23. The van der Waals surface area contributed by atoms with E-state index in [1.165, 1.54) is 0 Å². The predicted octanol–water partition coefficient (Wildman–Crippen LogP) is 2.41. The fourth-order valence-corrected chi connectivity index (χ4v) is 3.45. The van der Waals surface area contributed by atoms with E-state index in [0.29, 0.717) is 24.1 Å². The molecular formula is C15H20ClN3O2S. The number of thioether (sulfide) groups is 1. The third-order valence-electron chi connectivity index (χ3n) is 3.40. The highest BCUT2D eigenvalue weighted by Gasteiger charge is 2.35. The van der Waals surface area contributed by atoms with Gasteiger partial charge in [0, 0.05) is 12.3 Å². The van der Waals surface area contributed by atoms with Crippen LogP contribution in [0, 0.1) is 5.92 Å². The van der Waals surface area contributed by atoms with Gasteiger partial charge >= 0.3 is 0 Å². The predicted molar refractivity (Wildman–Crippen MR) is 89.0 cm³/mol. The molecule has 1 saturated heterocycles. The average Bonchev–Trinajstić information content (AvgIpc) is 2.95. The normalized spacial score (nSPS) is 17.8. The van der Waals surface area contributed by atoms with Crippen molar-refractivity contribution in [1.82, 2.24) is 15.2 Å². The molecule has 0 saturated carbocycles. The van der Waals surface area contributed by atoms with Crippen molar-refractivity contribution in [2.24, 2.45) is 5.92 Å². The lowest BCUT2D eigenvalue weighted by atomic mass is 10.1. The summed E-state index contributed by atoms with van der Waals surface area (Å²) in [7, 11) is 0. The number of amides is 2. The maximum atomic E-state index is 12.5. The van der Waals surface area contributed by atoms with E-state index in [2.05, 4.69) is 24.1 Å². The Morgan fingerprint density at radius 3 is 2.95 bits per heavy atom. The molecule has 2 heterocycles. The molecule has 2 rings (SSSR count). The Balaban J connectivity index is 2.00. The third-order valence-corrected chi connectivity index (χ3v) is 4.62. The maximum Gasteiger partial charge on any atom is 0.273 e. The Morgan fingerprint density at radius 1 is 1.50 bits per heavy atom. The van der Waals surface area contributed by atoms with Crippen molar-refractivity contribution < 1.29 is 9.59 Å². The summed E-state index contributed by atoms with van der Waals surface area (Å²) in [6, 6.07) is 4.48. The van der Waals surface area contributed by atoms with Gasteiger partial charge in [0.15, 0.2) is 0 Å². The molecule has 1 aliphatic heterocycles. The number of pyridine rings is 1. The summed E-state index contributed by atoms with van der Waals surface area (Å²) in [6.45, 7) is 4.85. The van der Waals surface area contributed by atoms with Gasteiger partial charge in [0.1, 0.15) is 16.9 Å². The van der Waals surface area contributed by atoms with Gasteiger partial charge in [-0.3, -0.25) is 9.59 Å². The van der Waals surface area contributed by atoms with E-state index in [4.69, 9.17) is 11.6 Å². The van der Waals surface area contributed by atoms with E-state index in [1.54, 1.807) is 34.9 Å². The molecule has 0 unspecified atom stereocenters. The monoisotopic (exact) mass is 341 g/mol. The summed E-state index contributed by atoms with van der Waals surface area (Å²) in [5, 5.41) is 3.18. The molecule has 1 aromatic heterocycles. The minimum absolute atomic E-state index is 0.0963. The Hall–Kier alpha value is -1.27. The fourth-order valence-electron chi connectivity index (χ4n) is 2.14. The van der Waals surface area contributed by atoms with Gasteiger partial charge in [0.05, 0.1) is 5.88 Å². The first-order valence-corrected chi connectivity index (χ1v) is 8.81. The zero-order valence-electron chi connectivity index (χ0n) is 12.7. The molecule has 1 fully saturated rings. The molecule has 5 nitrogen and oxygen atoms in total. The van der Waals surface area contributed by atoms with Crippen LogP contribution in [0.5, 0.6) is 0 Å². The van der Waals surface area contributed by atoms with E-state index < -0.39 is 6.04 Å². The van der Waals surface area contributed by atoms with Crippen LogP contribution in [-0.2, 0) is 4.79 Å². The first kappa shape index (κ1) is 17.1. The lowest BCUT2D eigenvalue weighted by Gasteiger charge is -2.23. The van der Waals surface area contributed by atoms with E-state index in [9.17, 15) is 9.59 Å². The Labute approximate surface area is 139 Å². The molecule has 1 aliphatic rings. The number of hydrogen-bond acceptors (Lipinski definition) is 4. The van der Waals surface area contributed by atoms with Gasteiger partial charge in [-0.05, 0) is 24.5 Å². The number of aromatic nitrogens is 1. The summed E-state index contributed by atoms with van der Waals surface area (Å²) in [5.41, 5.74) is 0.273. The Morgan fingerprint density at radius 2 is 2.27 bits per heavy atom. The molecule has 22 heavy (non-hydrogen) atoms. The van der Waals surface area contributed by atoms with Crippen molar-refractivity contribution >= 4 is 35.2 Å². The molecule has 0 spiro atoms. The summed E-state index contributed by atoms with van der Waals surface area (Å²) in [5.74, 6) is 1.29. The highest BCUT2D eigenvalue weighted by molar-refractivity contribution is 7.99. The van der Waals surface area contributed by atoms with Crippen LogP contribution in [0.25, 0.3) is 0 Å². The van der Waals surface area contributed by atoms with E-state index >= 15 is 0 Å². The van der Waals surface area contributed by atoms with E-state index in [1.807, 2.05) is 0 Å². The molecule has 0 aromatic carbocycles. The summed E-state index contributed by atoms with van der Waals surface area (Å²) >= 11 is 7.40. The van der Waals surface area contributed by atoms with Crippen LogP contribution in [0.3, 0.4) is 0 Å². The zero-order chi connectivity index (χ0) is 16.1. The molecule has 0 radical (unpaired) electrons. The van der Waals surface area contributed by atoms with Crippen LogP contribution in [0.15, 0.2) is 18.2 Å². The standard InChI is InChI=1S/C15H20ClN3O2S/c1-10(2)6-7-17-14(20)12-8-22-9-19(12)15(21)11-4-3-5-13(16)18-11/h3-5,10,12H,6-9H2,1-2H3,(H,17,20)/t12-/m1/s1. The number of carbonyl (C=O) groups excluding carboxylic acids is 2. The van der Waals surface area contributed by atoms with Crippen molar-refractivity contribution in [2.45, 2.75) is 26.3 Å². The minimum Gasteiger partial charge on any atom is -0.354 e. The second-order valence-electron chi connectivity index (χ2n) is 5.61. The second-order valence-corrected chi connectivity index (χ2v) is 7.00. The number of nitrogens with zero attached hydrogens (tertiary/aromatic N) is 2. The van der Waals surface area contributed by atoms with Crippen LogP contribution in [0.1, 0.15) is 30.8 Å². The van der Waals surface area contributed by atoms with E-state index in [-0.39, 0.29) is 22.7 Å². The first-order valence-electron chi connectivity index (χ1n) is 7.28. The van der Waals surface area contributed by atoms with Gasteiger partial charge in [0.2, 0.25) is 5.91 Å². The highest BCUT2D eigenvalue weighted by atomic mass is 35.5. The average molecular weight is 342 g/mol. The second kappa shape index (κ2) is 7.83. The topological polar surface area (TPSA) is 62.3 Å². The lowest BCUT2D eigenvalue weighted by molar-refractivity contribution is -0.124. The molecule has 7 heteroatoms. The number of hydrogen-bond donors (Lipinski definition) is 1. The smallest absolute Gasteiger partial charge is 0.273 e. The van der Waals surface area contributed by atoms with Crippen molar-refractivity contribution in [2.75, 3.05) is 18.2 Å². The largest absolute Gasteiger partial charge is 0.354 e. The van der Waals surface area contributed by atoms with Gasteiger partial charge in [-0.1, -0.05) is 31.5 Å². The van der Waals surface area contributed by atoms with Crippen molar-refractivity contribution in [1.29, 1.82) is 0 Å². The van der Waals surface area contributed by atoms with Crippen molar-refractivity contribution in [3.8, 4) is 0 Å². The van der Waals surface area contributed by atoms with Gasteiger partial charge in [0.25, 0.3) is 5.91 Å². The molecule has 1 N–H and O–H groups in total. The SMILES string of the molecule is CC(C)CCNC(=O)[C@H]1CSCN1C(=O)c1cccc(Cl)n1. The Kier molecular flexibility index (Phi) is 6.08. The van der Waals surface area contributed by atoms with Crippen LogP contribution in [0.4, 0.5) is 0 Å². The van der Waals surface area contributed by atoms with Crippen LogP contribution in [-0.4, -0.2) is 45.9 Å². The summed E-state index contributed by atoms with van der Waals surface area (Å²) in [4.78, 5) is 30.4. The van der Waals surface area contributed by atoms with E-state index in [0.717, 1.165) is 6.42 Å². The molecule has 1 aromatic rings.